The van der Waals surface area contributed by atoms with Gasteiger partial charge in [0.2, 0.25) is 11.8 Å². The minimum atomic E-state index is -0.511. The number of amides is 2. The normalized spacial score (nSPS) is 17.9. The van der Waals surface area contributed by atoms with Gasteiger partial charge in [-0.3, -0.25) is 14.9 Å². The zero-order valence-electron chi connectivity index (χ0n) is 12.7. The standard InChI is InChI=1S/C18H14N2O4/c21-14-4-2-1-3-11(14)10-5-7-15-13(9-10)17(20-24-15)12-6-8-16(22)19-18(12)23/h1-5,7,9,12,21H,6,8H2,(H,19,22,23). The van der Waals surface area contributed by atoms with E-state index in [1.807, 2.05) is 24.3 Å². The van der Waals surface area contributed by atoms with Gasteiger partial charge in [-0.2, -0.15) is 0 Å². The van der Waals surface area contributed by atoms with Gasteiger partial charge in [0.1, 0.15) is 11.4 Å². The van der Waals surface area contributed by atoms with Crippen LogP contribution in [0.2, 0.25) is 0 Å². The summed E-state index contributed by atoms with van der Waals surface area (Å²) in [5.41, 5.74) is 2.58. The lowest BCUT2D eigenvalue weighted by Gasteiger charge is -2.18. The average molecular weight is 322 g/mol. The number of aromatic hydroxyl groups is 1. The summed E-state index contributed by atoms with van der Waals surface area (Å²) in [7, 11) is 0. The minimum Gasteiger partial charge on any atom is -0.507 e. The summed E-state index contributed by atoms with van der Waals surface area (Å²) >= 11 is 0. The Morgan fingerprint density at radius 2 is 2.00 bits per heavy atom. The summed E-state index contributed by atoms with van der Waals surface area (Å²) in [6.07, 6.45) is 0.692. The average Bonchev–Trinajstić information content (AvgIpc) is 2.98. The van der Waals surface area contributed by atoms with Crippen LogP contribution in [0.25, 0.3) is 22.1 Å². The van der Waals surface area contributed by atoms with Crippen molar-refractivity contribution in [3.63, 3.8) is 0 Å². The van der Waals surface area contributed by atoms with Crippen LogP contribution in [0.5, 0.6) is 5.75 Å². The highest BCUT2D eigenvalue weighted by Gasteiger charge is 2.31. The van der Waals surface area contributed by atoms with Crippen LogP contribution in [0.3, 0.4) is 0 Å². The summed E-state index contributed by atoms with van der Waals surface area (Å²) < 4.78 is 5.32. The van der Waals surface area contributed by atoms with Crippen LogP contribution in [0, 0.1) is 0 Å². The third kappa shape index (κ3) is 2.32. The van der Waals surface area contributed by atoms with Crippen molar-refractivity contribution in [2.75, 3.05) is 0 Å². The molecular formula is C18H14N2O4. The van der Waals surface area contributed by atoms with Crippen LogP contribution >= 0.6 is 0 Å². The molecule has 6 nitrogen and oxygen atoms in total. The van der Waals surface area contributed by atoms with E-state index in [0.717, 1.165) is 5.56 Å². The lowest BCUT2D eigenvalue weighted by Crippen LogP contribution is -2.39. The third-order valence-electron chi connectivity index (χ3n) is 4.28. The van der Waals surface area contributed by atoms with E-state index in [-0.39, 0.29) is 24.0 Å². The number of para-hydroxylation sites is 1. The van der Waals surface area contributed by atoms with E-state index in [0.29, 0.717) is 28.6 Å². The molecule has 1 fully saturated rings. The highest BCUT2D eigenvalue weighted by molar-refractivity contribution is 6.02. The Labute approximate surface area is 137 Å². The van der Waals surface area contributed by atoms with E-state index < -0.39 is 5.92 Å². The van der Waals surface area contributed by atoms with Gasteiger partial charge in [-0.25, -0.2) is 0 Å². The quantitative estimate of drug-likeness (QED) is 0.708. The Bertz CT molecular complexity index is 961. The Morgan fingerprint density at radius 1 is 1.17 bits per heavy atom. The molecule has 24 heavy (non-hydrogen) atoms. The molecule has 1 saturated heterocycles. The number of rotatable bonds is 2. The zero-order chi connectivity index (χ0) is 16.7. The SMILES string of the molecule is O=C1CCC(c2noc3ccc(-c4ccccc4O)cc23)C(=O)N1. The Kier molecular flexibility index (Phi) is 3.30. The number of hydrogen-bond donors (Lipinski definition) is 2. The molecule has 1 unspecified atom stereocenters. The largest absolute Gasteiger partial charge is 0.507 e. The van der Waals surface area contributed by atoms with Gasteiger partial charge in [0, 0.05) is 17.4 Å². The van der Waals surface area contributed by atoms with E-state index in [1.54, 1.807) is 18.2 Å². The smallest absolute Gasteiger partial charge is 0.235 e. The molecule has 1 aliphatic rings. The number of carbonyl (C=O) groups is 2. The molecule has 1 aliphatic heterocycles. The number of imide groups is 1. The van der Waals surface area contributed by atoms with Crippen molar-refractivity contribution in [3.8, 4) is 16.9 Å². The van der Waals surface area contributed by atoms with Crippen LogP contribution in [0.15, 0.2) is 47.0 Å². The van der Waals surface area contributed by atoms with Crippen LogP contribution in [0.1, 0.15) is 24.5 Å². The van der Waals surface area contributed by atoms with Crippen molar-refractivity contribution in [1.82, 2.24) is 10.5 Å². The Hall–Kier alpha value is -3.15. The van der Waals surface area contributed by atoms with Crippen molar-refractivity contribution in [2.45, 2.75) is 18.8 Å². The molecule has 1 aromatic heterocycles. The number of carbonyl (C=O) groups excluding carboxylic acids is 2. The maximum atomic E-state index is 12.1. The molecule has 3 aromatic rings. The third-order valence-corrected chi connectivity index (χ3v) is 4.28. The second kappa shape index (κ2) is 5.49. The monoisotopic (exact) mass is 322 g/mol. The predicted molar refractivity (Wildman–Crippen MR) is 86.2 cm³/mol. The van der Waals surface area contributed by atoms with Gasteiger partial charge in [0.25, 0.3) is 0 Å². The highest BCUT2D eigenvalue weighted by atomic mass is 16.5. The summed E-state index contributed by atoms with van der Waals surface area (Å²) in [6, 6.07) is 12.5. The first kappa shape index (κ1) is 14.4. The molecule has 120 valence electrons. The van der Waals surface area contributed by atoms with Gasteiger partial charge in [0.15, 0.2) is 5.58 Å². The minimum absolute atomic E-state index is 0.177. The maximum absolute atomic E-state index is 12.1. The van der Waals surface area contributed by atoms with Crippen molar-refractivity contribution in [2.24, 2.45) is 0 Å². The molecule has 0 aliphatic carbocycles. The predicted octanol–water partition coefficient (Wildman–Crippen LogP) is 2.72. The lowest BCUT2D eigenvalue weighted by molar-refractivity contribution is -0.134. The van der Waals surface area contributed by atoms with E-state index >= 15 is 0 Å². The first-order chi connectivity index (χ1) is 11.6. The number of piperidine rings is 1. The van der Waals surface area contributed by atoms with E-state index in [1.165, 1.54) is 0 Å². The van der Waals surface area contributed by atoms with Crippen molar-refractivity contribution in [3.05, 3.63) is 48.2 Å². The van der Waals surface area contributed by atoms with Gasteiger partial charge < -0.3 is 9.63 Å². The van der Waals surface area contributed by atoms with Gasteiger partial charge in [-0.15, -0.1) is 0 Å². The Morgan fingerprint density at radius 3 is 2.79 bits per heavy atom. The fraction of sp³-hybridized carbons (Fsp3) is 0.167. The van der Waals surface area contributed by atoms with E-state index in [4.69, 9.17) is 4.52 Å². The second-order valence-corrected chi connectivity index (χ2v) is 5.80. The maximum Gasteiger partial charge on any atom is 0.235 e. The van der Waals surface area contributed by atoms with Gasteiger partial charge in [0.05, 0.1) is 5.92 Å². The lowest BCUT2D eigenvalue weighted by atomic mass is 9.92. The summed E-state index contributed by atoms with van der Waals surface area (Å²) in [5.74, 6) is -0.951. The molecule has 2 aromatic carbocycles. The summed E-state index contributed by atoms with van der Waals surface area (Å²) in [6.45, 7) is 0. The summed E-state index contributed by atoms with van der Waals surface area (Å²) in [4.78, 5) is 23.4. The molecule has 6 heteroatoms. The van der Waals surface area contributed by atoms with Crippen molar-refractivity contribution >= 4 is 22.8 Å². The van der Waals surface area contributed by atoms with Crippen LogP contribution in [-0.4, -0.2) is 22.1 Å². The van der Waals surface area contributed by atoms with Crippen LogP contribution < -0.4 is 5.32 Å². The topological polar surface area (TPSA) is 92.4 Å². The molecule has 0 spiro atoms. The number of phenols is 1. The molecule has 4 rings (SSSR count). The molecule has 0 saturated carbocycles. The molecule has 2 heterocycles. The fourth-order valence-corrected chi connectivity index (χ4v) is 3.05. The highest BCUT2D eigenvalue weighted by Crippen LogP contribution is 2.35. The number of nitrogens with zero attached hydrogens (tertiary/aromatic N) is 1. The first-order valence-electron chi connectivity index (χ1n) is 7.65. The van der Waals surface area contributed by atoms with Gasteiger partial charge in [-0.1, -0.05) is 29.4 Å². The number of nitrogens with one attached hydrogen (secondary N) is 1. The number of hydrogen-bond acceptors (Lipinski definition) is 5. The number of aromatic nitrogens is 1. The fourth-order valence-electron chi connectivity index (χ4n) is 3.05. The number of fused-ring (bicyclic) bond motifs is 1. The molecule has 1 atom stereocenters. The van der Waals surface area contributed by atoms with Crippen LogP contribution in [0.4, 0.5) is 0 Å². The van der Waals surface area contributed by atoms with Gasteiger partial charge in [-0.05, 0) is 30.2 Å². The van der Waals surface area contributed by atoms with Crippen molar-refractivity contribution in [1.29, 1.82) is 0 Å². The second-order valence-electron chi connectivity index (χ2n) is 5.80. The van der Waals surface area contributed by atoms with Crippen LogP contribution in [-0.2, 0) is 9.59 Å². The van der Waals surface area contributed by atoms with E-state index in [2.05, 4.69) is 10.5 Å². The number of benzene rings is 2. The van der Waals surface area contributed by atoms with Gasteiger partial charge >= 0.3 is 0 Å². The van der Waals surface area contributed by atoms with Crippen molar-refractivity contribution < 1.29 is 19.2 Å². The van der Waals surface area contributed by atoms with E-state index in [9.17, 15) is 14.7 Å². The molecular weight excluding hydrogens is 308 g/mol. The molecule has 2 N–H and O–H groups in total. The summed E-state index contributed by atoms with van der Waals surface area (Å²) in [5, 5.41) is 17.1. The number of phenolic OH excluding ortho intramolecular Hbond substituents is 1. The molecule has 2 amide bonds. The zero-order valence-corrected chi connectivity index (χ0v) is 12.7. The first-order valence-corrected chi connectivity index (χ1v) is 7.65. The molecule has 0 bridgehead atoms. The molecule has 0 radical (unpaired) electrons. The Balaban J connectivity index is 1.81.